The van der Waals surface area contributed by atoms with Gasteiger partial charge in [0.05, 0.1) is 30.5 Å². The summed E-state index contributed by atoms with van der Waals surface area (Å²) in [6.45, 7) is 5.29. The van der Waals surface area contributed by atoms with Gasteiger partial charge in [-0.05, 0) is 49.1 Å². The van der Waals surface area contributed by atoms with E-state index in [1.54, 1.807) is 16.7 Å². The van der Waals surface area contributed by atoms with Crippen LogP contribution in [0.2, 0.25) is 0 Å². The number of allylic oxidation sites excluding steroid dienone is 2. The molecular formula is C30H35N7O4S. The van der Waals surface area contributed by atoms with Gasteiger partial charge in [0.2, 0.25) is 5.95 Å². The molecule has 1 aliphatic heterocycles. The summed E-state index contributed by atoms with van der Waals surface area (Å²) >= 11 is 0. The first-order chi connectivity index (χ1) is 20.0. The second-order valence-corrected chi connectivity index (χ2v) is 13.5. The Balaban J connectivity index is 1.78. The number of nitrogens with zero attached hydrogens (tertiary/aromatic N) is 6. The zero-order valence-corrected chi connectivity index (χ0v) is 24.9. The molecule has 4 aromatic rings. The van der Waals surface area contributed by atoms with Gasteiger partial charge in [-0.1, -0.05) is 42.0 Å². The van der Waals surface area contributed by atoms with Crippen LogP contribution in [0, 0.1) is 11.3 Å². The summed E-state index contributed by atoms with van der Waals surface area (Å²) in [5.41, 5.74) is 7.71. The van der Waals surface area contributed by atoms with Crippen LogP contribution in [0.5, 0.6) is 0 Å². The Morgan fingerprint density at radius 3 is 2.52 bits per heavy atom. The van der Waals surface area contributed by atoms with E-state index >= 15 is 0 Å². The van der Waals surface area contributed by atoms with E-state index in [9.17, 15) is 23.3 Å². The second kappa shape index (κ2) is 11.6. The van der Waals surface area contributed by atoms with E-state index in [-0.39, 0.29) is 35.9 Å². The molecule has 2 aromatic carbocycles. The minimum atomic E-state index is -3.45. The highest BCUT2D eigenvalue weighted by Crippen LogP contribution is 2.25. The van der Waals surface area contributed by atoms with Crippen molar-refractivity contribution in [2.24, 2.45) is 5.73 Å². The van der Waals surface area contributed by atoms with Crippen LogP contribution in [-0.2, 0) is 29.5 Å². The molecule has 1 saturated heterocycles. The molecule has 42 heavy (non-hydrogen) atoms. The number of fused-ring (bicyclic) bond motifs is 2. The molecule has 0 amide bonds. The molecule has 0 spiro atoms. The van der Waals surface area contributed by atoms with Gasteiger partial charge in [-0.2, -0.15) is 5.26 Å². The number of hydrogen-bond donors (Lipinski definition) is 1. The zero-order chi connectivity index (χ0) is 30.2. The van der Waals surface area contributed by atoms with Gasteiger partial charge in [0.15, 0.2) is 5.52 Å². The Hall–Kier alpha value is -4.21. The molecule has 2 aromatic heterocycles. The molecule has 0 radical (unpaired) electrons. The van der Waals surface area contributed by atoms with E-state index in [2.05, 4.69) is 6.07 Å². The first kappa shape index (κ1) is 29.3. The van der Waals surface area contributed by atoms with Gasteiger partial charge in [0.1, 0.15) is 15.4 Å². The molecule has 1 aliphatic rings. The van der Waals surface area contributed by atoms with Gasteiger partial charge >= 0.3 is 0 Å². The van der Waals surface area contributed by atoms with E-state index in [0.29, 0.717) is 31.1 Å². The standard InChI is InChI=1S/C30H35N7O4S/c1-20(2)12-14-35-27-26(33-30(35)34-13-6-7-23(32)19-34)28(38)36(15-16-42(3,40)41)37(29(27)39)18-22-11-10-21(17-31)24-8-4-5-9-25(22)24/h4-5,8-12,23H,6-7,13-16,18-19,32H2,1-3H3. The van der Waals surface area contributed by atoms with Crippen LogP contribution < -0.4 is 21.8 Å². The number of aromatic nitrogens is 4. The van der Waals surface area contributed by atoms with E-state index in [1.807, 2.05) is 49.1 Å². The van der Waals surface area contributed by atoms with Crippen LogP contribution in [0.15, 0.2) is 57.6 Å². The smallest absolute Gasteiger partial charge is 0.293 e. The Kier molecular flexibility index (Phi) is 8.08. The highest BCUT2D eigenvalue weighted by atomic mass is 32.2. The number of nitriles is 1. The first-order valence-electron chi connectivity index (χ1n) is 13.9. The van der Waals surface area contributed by atoms with Crippen molar-refractivity contribution in [1.29, 1.82) is 5.26 Å². The van der Waals surface area contributed by atoms with Crippen molar-refractivity contribution in [3.8, 4) is 6.07 Å². The van der Waals surface area contributed by atoms with Gasteiger partial charge in [0.25, 0.3) is 11.1 Å². The predicted molar refractivity (Wildman–Crippen MR) is 165 cm³/mol. The molecule has 5 rings (SSSR count). The zero-order valence-electron chi connectivity index (χ0n) is 24.1. The molecule has 1 unspecified atom stereocenters. The lowest BCUT2D eigenvalue weighted by molar-refractivity contribution is 0.458. The number of sulfone groups is 1. The molecule has 1 fully saturated rings. The molecular weight excluding hydrogens is 554 g/mol. The van der Waals surface area contributed by atoms with Gasteiger partial charge < -0.3 is 15.2 Å². The number of hydrogen-bond acceptors (Lipinski definition) is 8. The van der Waals surface area contributed by atoms with Crippen LogP contribution in [0.3, 0.4) is 0 Å². The maximum Gasteiger partial charge on any atom is 0.293 e. The van der Waals surface area contributed by atoms with Crippen molar-refractivity contribution < 1.29 is 8.42 Å². The summed E-state index contributed by atoms with van der Waals surface area (Å²) in [6.07, 6.45) is 4.82. The molecule has 11 nitrogen and oxygen atoms in total. The summed E-state index contributed by atoms with van der Waals surface area (Å²) in [7, 11) is -3.45. The lowest BCUT2D eigenvalue weighted by atomic mass is 10.00. The fourth-order valence-corrected chi connectivity index (χ4v) is 6.05. The van der Waals surface area contributed by atoms with Crippen LogP contribution in [0.4, 0.5) is 5.95 Å². The van der Waals surface area contributed by atoms with E-state index in [1.165, 1.54) is 9.36 Å². The molecule has 12 heteroatoms. The highest BCUT2D eigenvalue weighted by Gasteiger charge is 2.27. The topological polar surface area (TPSA) is 149 Å². The monoisotopic (exact) mass is 589 g/mol. The number of imidazole rings is 1. The SMILES string of the molecule is CC(C)=CCn1c(N2CCCC(N)C2)nc2c(=O)n(CCS(C)(=O)=O)n(Cc3ccc(C#N)c4ccccc34)c(=O)c21. The molecule has 0 aliphatic carbocycles. The van der Waals surface area contributed by atoms with Gasteiger partial charge in [-0.25, -0.2) is 22.8 Å². The minimum Gasteiger partial charge on any atom is -0.341 e. The van der Waals surface area contributed by atoms with Gasteiger partial charge in [-0.3, -0.25) is 9.59 Å². The fourth-order valence-electron chi connectivity index (χ4n) is 5.54. The second-order valence-electron chi connectivity index (χ2n) is 11.2. The van der Waals surface area contributed by atoms with E-state index < -0.39 is 21.0 Å². The summed E-state index contributed by atoms with van der Waals surface area (Å²) in [4.78, 5) is 35.2. The van der Waals surface area contributed by atoms with Crippen molar-refractivity contribution in [3.63, 3.8) is 0 Å². The Morgan fingerprint density at radius 1 is 1.12 bits per heavy atom. The number of anilines is 1. The van der Waals surface area contributed by atoms with Crippen molar-refractivity contribution >= 4 is 37.6 Å². The average Bonchev–Trinajstić information content (AvgIpc) is 3.34. The third kappa shape index (κ3) is 5.75. The fraction of sp³-hybridized carbons (Fsp3) is 0.400. The van der Waals surface area contributed by atoms with Gasteiger partial charge in [0, 0.05) is 31.9 Å². The quantitative estimate of drug-likeness (QED) is 0.308. The highest BCUT2D eigenvalue weighted by molar-refractivity contribution is 7.90. The van der Waals surface area contributed by atoms with Crippen molar-refractivity contribution in [3.05, 3.63) is 79.9 Å². The number of benzene rings is 2. The predicted octanol–water partition coefficient (Wildman–Crippen LogP) is 2.37. The summed E-state index contributed by atoms with van der Waals surface area (Å²) < 4.78 is 28.6. The van der Waals surface area contributed by atoms with Crippen molar-refractivity contribution in [1.82, 2.24) is 18.9 Å². The van der Waals surface area contributed by atoms with Crippen LogP contribution in [0.1, 0.15) is 37.8 Å². The maximum absolute atomic E-state index is 14.4. The lowest BCUT2D eigenvalue weighted by Crippen LogP contribution is -2.44. The molecule has 0 saturated carbocycles. The third-order valence-electron chi connectivity index (χ3n) is 7.66. The molecule has 3 heterocycles. The molecule has 220 valence electrons. The Labute approximate surface area is 244 Å². The summed E-state index contributed by atoms with van der Waals surface area (Å²) in [5.74, 6) is 0.182. The Bertz CT molecular complexity index is 1980. The third-order valence-corrected chi connectivity index (χ3v) is 8.59. The van der Waals surface area contributed by atoms with Gasteiger partial charge in [-0.15, -0.1) is 0 Å². The Morgan fingerprint density at radius 2 is 1.86 bits per heavy atom. The molecule has 0 bridgehead atoms. The summed E-state index contributed by atoms with van der Waals surface area (Å²) in [5, 5.41) is 11.1. The largest absolute Gasteiger partial charge is 0.341 e. The average molecular weight is 590 g/mol. The molecule has 1 atom stereocenters. The molecule has 2 N–H and O–H groups in total. The lowest BCUT2D eigenvalue weighted by Gasteiger charge is -2.31. The van der Waals surface area contributed by atoms with Crippen molar-refractivity contribution in [2.45, 2.75) is 52.4 Å². The number of nitrogens with two attached hydrogens (primary N) is 1. The number of piperidine rings is 1. The van der Waals surface area contributed by atoms with Crippen molar-refractivity contribution in [2.75, 3.05) is 30.0 Å². The van der Waals surface area contributed by atoms with E-state index in [4.69, 9.17) is 10.7 Å². The van der Waals surface area contributed by atoms with Crippen LogP contribution in [0.25, 0.3) is 21.8 Å². The summed E-state index contributed by atoms with van der Waals surface area (Å²) in [6, 6.07) is 13.0. The minimum absolute atomic E-state index is 0.00224. The van der Waals surface area contributed by atoms with Crippen LogP contribution >= 0.6 is 0 Å². The maximum atomic E-state index is 14.4. The van der Waals surface area contributed by atoms with E-state index in [0.717, 1.165) is 41.0 Å². The first-order valence-corrected chi connectivity index (χ1v) is 16.0. The van der Waals surface area contributed by atoms with Crippen LogP contribution in [-0.4, -0.2) is 58.5 Å². The normalized spacial score (nSPS) is 15.7. The number of rotatable bonds is 8.